The summed E-state index contributed by atoms with van der Waals surface area (Å²) < 4.78 is 0. The highest BCUT2D eigenvalue weighted by molar-refractivity contribution is 7.80. The van der Waals surface area contributed by atoms with E-state index in [1.807, 2.05) is 13.0 Å². The first-order chi connectivity index (χ1) is 8.49. The normalized spacial score (nSPS) is 19.7. The second kappa shape index (κ2) is 5.33. The minimum absolute atomic E-state index is 0.0475. The van der Waals surface area contributed by atoms with Gasteiger partial charge < -0.3 is 5.73 Å². The largest absolute Gasteiger partial charge is 0.393 e. The lowest BCUT2D eigenvalue weighted by Gasteiger charge is -2.38. The van der Waals surface area contributed by atoms with Gasteiger partial charge in [-0.05, 0) is 45.0 Å². The molecule has 0 radical (unpaired) electrons. The van der Waals surface area contributed by atoms with Crippen LogP contribution in [0.5, 0.6) is 0 Å². The molecule has 1 aromatic rings. The summed E-state index contributed by atoms with van der Waals surface area (Å²) in [4.78, 5) is 7.64. The molecule has 0 saturated carbocycles. The second-order valence-electron chi connectivity index (χ2n) is 5.47. The van der Waals surface area contributed by atoms with Gasteiger partial charge in [-0.25, -0.2) is 0 Å². The van der Waals surface area contributed by atoms with Gasteiger partial charge in [-0.1, -0.05) is 25.2 Å². The lowest BCUT2D eigenvalue weighted by atomic mass is 9.80. The molecule has 0 amide bonds. The fourth-order valence-electron chi connectivity index (χ4n) is 2.37. The first kappa shape index (κ1) is 13.4. The number of pyridine rings is 1. The molecule has 2 N–H and O–H groups in total. The Labute approximate surface area is 114 Å². The van der Waals surface area contributed by atoms with Crippen molar-refractivity contribution in [2.24, 2.45) is 11.1 Å². The van der Waals surface area contributed by atoms with Crippen LogP contribution >= 0.6 is 12.2 Å². The number of aryl methyl sites for hydroxylation is 1. The highest BCUT2D eigenvalue weighted by Crippen LogP contribution is 2.31. The van der Waals surface area contributed by atoms with Gasteiger partial charge in [-0.2, -0.15) is 0 Å². The standard InChI is InChI=1S/C14H21N3S/c1-11-4-3-5-12(16-11)10-17-8-6-14(2,7-9-17)13(15)18/h3-5H,6-10H2,1-2H3,(H2,15,18). The maximum absolute atomic E-state index is 5.82. The Bertz CT molecular complexity index is 436. The molecule has 0 aliphatic carbocycles. The molecule has 3 nitrogen and oxygen atoms in total. The number of rotatable bonds is 3. The van der Waals surface area contributed by atoms with Gasteiger partial charge in [0, 0.05) is 17.7 Å². The third-order valence-corrected chi connectivity index (χ3v) is 4.38. The molecule has 98 valence electrons. The van der Waals surface area contributed by atoms with Crippen molar-refractivity contribution in [3.63, 3.8) is 0 Å². The smallest absolute Gasteiger partial charge is 0.0788 e. The van der Waals surface area contributed by atoms with E-state index >= 15 is 0 Å². The van der Waals surface area contributed by atoms with E-state index in [9.17, 15) is 0 Å². The fourth-order valence-corrected chi connectivity index (χ4v) is 2.57. The molecule has 1 aliphatic heterocycles. The minimum Gasteiger partial charge on any atom is -0.393 e. The average Bonchev–Trinajstić information content (AvgIpc) is 2.32. The van der Waals surface area contributed by atoms with Gasteiger partial charge in [0.25, 0.3) is 0 Å². The van der Waals surface area contributed by atoms with Gasteiger partial charge in [-0.3, -0.25) is 9.88 Å². The van der Waals surface area contributed by atoms with Crippen molar-refractivity contribution in [1.29, 1.82) is 0 Å². The van der Waals surface area contributed by atoms with E-state index in [1.165, 1.54) is 0 Å². The lowest BCUT2D eigenvalue weighted by Crippen LogP contribution is -2.44. The average molecular weight is 263 g/mol. The summed E-state index contributed by atoms with van der Waals surface area (Å²) >= 11 is 5.16. The number of hydrogen-bond donors (Lipinski definition) is 1. The highest BCUT2D eigenvalue weighted by atomic mass is 32.1. The topological polar surface area (TPSA) is 42.1 Å². The van der Waals surface area contributed by atoms with Crippen LogP contribution in [0, 0.1) is 12.3 Å². The fraction of sp³-hybridized carbons (Fsp3) is 0.571. The van der Waals surface area contributed by atoms with Crippen LogP contribution in [0.15, 0.2) is 18.2 Å². The Morgan fingerprint density at radius 1 is 1.44 bits per heavy atom. The summed E-state index contributed by atoms with van der Waals surface area (Å²) in [5.41, 5.74) is 8.10. The van der Waals surface area contributed by atoms with Crippen LogP contribution in [-0.4, -0.2) is 28.0 Å². The zero-order valence-corrected chi connectivity index (χ0v) is 12.0. The van der Waals surface area contributed by atoms with Crippen molar-refractivity contribution < 1.29 is 0 Å². The van der Waals surface area contributed by atoms with E-state index in [4.69, 9.17) is 18.0 Å². The number of aromatic nitrogens is 1. The summed E-state index contributed by atoms with van der Waals surface area (Å²) in [6.07, 6.45) is 2.10. The van der Waals surface area contributed by atoms with Crippen LogP contribution in [0.2, 0.25) is 0 Å². The highest BCUT2D eigenvalue weighted by Gasteiger charge is 2.32. The van der Waals surface area contributed by atoms with Gasteiger partial charge in [0.15, 0.2) is 0 Å². The Balaban J connectivity index is 1.93. The maximum Gasteiger partial charge on any atom is 0.0788 e. The molecule has 0 spiro atoms. The Morgan fingerprint density at radius 2 is 2.11 bits per heavy atom. The predicted octanol–water partition coefficient (Wildman–Crippen LogP) is 2.28. The third kappa shape index (κ3) is 3.06. The van der Waals surface area contributed by atoms with Crippen molar-refractivity contribution in [1.82, 2.24) is 9.88 Å². The molecule has 0 unspecified atom stereocenters. The van der Waals surface area contributed by atoms with E-state index < -0.39 is 0 Å². The molecule has 0 atom stereocenters. The van der Waals surface area contributed by atoms with E-state index in [-0.39, 0.29) is 5.41 Å². The number of piperidine rings is 1. The van der Waals surface area contributed by atoms with Gasteiger partial charge >= 0.3 is 0 Å². The summed E-state index contributed by atoms with van der Waals surface area (Å²) in [6, 6.07) is 6.19. The summed E-state index contributed by atoms with van der Waals surface area (Å²) in [7, 11) is 0. The van der Waals surface area contributed by atoms with Crippen molar-refractivity contribution in [3.8, 4) is 0 Å². The van der Waals surface area contributed by atoms with Crippen molar-refractivity contribution in [2.45, 2.75) is 33.2 Å². The molecule has 1 fully saturated rings. The molecule has 0 aromatic carbocycles. The van der Waals surface area contributed by atoms with Crippen LogP contribution < -0.4 is 5.73 Å². The molecule has 1 aliphatic rings. The molecule has 2 heterocycles. The predicted molar refractivity (Wildman–Crippen MR) is 78.4 cm³/mol. The van der Waals surface area contributed by atoms with Crippen molar-refractivity contribution >= 4 is 17.2 Å². The number of likely N-dealkylation sites (tertiary alicyclic amines) is 1. The molecule has 18 heavy (non-hydrogen) atoms. The van der Waals surface area contributed by atoms with Gasteiger partial charge in [-0.15, -0.1) is 0 Å². The van der Waals surface area contributed by atoms with E-state index in [1.54, 1.807) is 0 Å². The number of nitrogens with two attached hydrogens (primary N) is 1. The number of thiocarbonyl (C=S) groups is 1. The monoisotopic (exact) mass is 263 g/mol. The number of hydrogen-bond acceptors (Lipinski definition) is 3. The Morgan fingerprint density at radius 3 is 2.67 bits per heavy atom. The van der Waals surface area contributed by atoms with E-state index in [0.717, 1.165) is 43.9 Å². The SMILES string of the molecule is Cc1cccc(CN2CCC(C)(C(N)=S)CC2)n1. The lowest BCUT2D eigenvalue weighted by molar-refractivity contribution is 0.156. The summed E-state index contributed by atoms with van der Waals surface area (Å²) in [5, 5.41) is 0. The molecule has 1 saturated heterocycles. The quantitative estimate of drug-likeness (QED) is 0.850. The van der Waals surface area contributed by atoms with Crippen LogP contribution in [-0.2, 0) is 6.54 Å². The van der Waals surface area contributed by atoms with Gasteiger partial charge in [0.05, 0.1) is 10.7 Å². The zero-order valence-electron chi connectivity index (χ0n) is 11.1. The maximum atomic E-state index is 5.82. The van der Waals surface area contributed by atoms with E-state index in [2.05, 4.69) is 28.9 Å². The Kier molecular flexibility index (Phi) is 3.97. The third-order valence-electron chi connectivity index (χ3n) is 3.89. The second-order valence-corrected chi connectivity index (χ2v) is 5.91. The first-order valence-corrected chi connectivity index (χ1v) is 6.85. The van der Waals surface area contributed by atoms with E-state index in [0.29, 0.717) is 4.99 Å². The molecule has 0 bridgehead atoms. The van der Waals surface area contributed by atoms with Crippen LogP contribution in [0.3, 0.4) is 0 Å². The molecule has 2 rings (SSSR count). The number of nitrogens with zero attached hydrogens (tertiary/aromatic N) is 2. The van der Waals surface area contributed by atoms with Gasteiger partial charge in [0.1, 0.15) is 0 Å². The minimum atomic E-state index is 0.0475. The molecule has 1 aromatic heterocycles. The van der Waals surface area contributed by atoms with Crippen LogP contribution in [0.4, 0.5) is 0 Å². The molecular weight excluding hydrogens is 242 g/mol. The van der Waals surface area contributed by atoms with Crippen LogP contribution in [0.25, 0.3) is 0 Å². The van der Waals surface area contributed by atoms with Crippen LogP contribution in [0.1, 0.15) is 31.2 Å². The molecule has 4 heteroatoms. The van der Waals surface area contributed by atoms with Crippen molar-refractivity contribution in [3.05, 3.63) is 29.6 Å². The first-order valence-electron chi connectivity index (χ1n) is 6.44. The van der Waals surface area contributed by atoms with Gasteiger partial charge in [0.2, 0.25) is 0 Å². The Hall–Kier alpha value is -1.00. The van der Waals surface area contributed by atoms with Crippen molar-refractivity contribution in [2.75, 3.05) is 13.1 Å². The molecular formula is C14H21N3S. The zero-order chi connectivity index (χ0) is 13.2. The summed E-state index contributed by atoms with van der Waals surface area (Å²) in [5.74, 6) is 0. The summed E-state index contributed by atoms with van der Waals surface area (Å²) in [6.45, 7) is 7.23.